The molecule has 0 radical (unpaired) electrons. The van der Waals surface area contributed by atoms with Crippen LogP contribution in [0.4, 0.5) is 15.9 Å². The van der Waals surface area contributed by atoms with Crippen molar-refractivity contribution in [2.75, 3.05) is 30.3 Å². The fraction of sp³-hybridized carbons (Fsp3) is 0.400. The SMILES string of the molecule is Cc1ccc(OC2CCCN(C(=O)Cn3cc(NC(=O)CCNc4ccnc(F)n4)cn3)CC2)cc1. The normalized spacial score (nSPS) is 15.7. The Morgan fingerprint density at radius 3 is 2.81 bits per heavy atom. The van der Waals surface area contributed by atoms with Gasteiger partial charge < -0.3 is 20.3 Å². The van der Waals surface area contributed by atoms with Crippen LogP contribution < -0.4 is 15.4 Å². The maximum Gasteiger partial charge on any atom is 0.310 e. The zero-order chi connectivity index (χ0) is 25.3. The first kappa shape index (κ1) is 25.1. The number of aryl methyl sites for hydroxylation is 1. The molecule has 3 aromatic rings. The lowest BCUT2D eigenvalue weighted by Gasteiger charge is -2.21. The molecule has 1 fully saturated rings. The van der Waals surface area contributed by atoms with Gasteiger partial charge in [-0.05, 0) is 38.0 Å². The summed E-state index contributed by atoms with van der Waals surface area (Å²) >= 11 is 0. The second-order valence-electron chi connectivity index (χ2n) is 8.73. The fourth-order valence-electron chi connectivity index (χ4n) is 3.96. The predicted molar refractivity (Wildman–Crippen MR) is 132 cm³/mol. The number of halogens is 1. The van der Waals surface area contributed by atoms with E-state index in [-0.39, 0.29) is 37.4 Å². The number of carbonyl (C=O) groups is 2. The summed E-state index contributed by atoms with van der Waals surface area (Å²) in [5, 5.41) is 9.80. The number of nitrogens with zero attached hydrogens (tertiary/aromatic N) is 5. The maximum atomic E-state index is 13.0. The van der Waals surface area contributed by atoms with Crippen LogP contribution in [-0.2, 0) is 16.1 Å². The number of rotatable bonds is 9. The highest BCUT2D eigenvalue weighted by Crippen LogP contribution is 2.20. The van der Waals surface area contributed by atoms with Gasteiger partial charge in [0.1, 0.15) is 24.2 Å². The maximum absolute atomic E-state index is 13.0. The number of carbonyl (C=O) groups excluding carboxylic acids is 2. The summed E-state index contributed by atoms with van der Waals surface area (Å²) in [4.78, 5) is 33.8. The van der Waals surface area contributed by atoms with Crippen molar-refractivity contribution in [2.45, 2.75) is 45.3 Å². The molecule has 10 nitrogen and oxygen atoms in total. The Kier molecular flexibility index (Phi) is 8.43. The molecule has 1 unspecified atom stereocenters. The number of nitrogens with one attached hydrogen (secondary N) is 2. The predicted octanol–water partition coefficient (Wildman–Crippen LogP) is 3.02. The quantitative estimate of drug-likeness (QED) is 0.439. The highest BCUT2D eigenvalue weighted by molar-refractivity contribution is 5.90. The van der Waals surface area contributed by atoms with E-state index in [1.165, 1.54) is 28.7 Å². The molecule has 3 heterocycles. The van der Waals surface area contributed by atoms with Crippen LogP contribution in [0.1, 0.15) is 31.2 Å². The van der Waals surface area contributed by atoms with Crippen molar-refractivity contribution in [3.63, 3.8) is 0 Å². The first-order valence-electron chi connectivity index (χ1n) is 12.0. The summed E-state index contributed by atoms with van der Waals surface area (Å²) < 4.78 is 20.6. The van der Waals surface area contributed by atoms with Crippen LogP contribution in [0.5, 0.6) is 5.75 Å². The topological polar surface area (TPSA) is 114 Å². The van der Waals surface area contributed by atoms with Gasteiger partial charge in [0.15, 0.2) is 0 Å². The molecule has 1 aliphatic heterocycles. The second kappa shape index (κ2) is 12.1. The summed E-state index contributed by atoms with van der Waals surface area (Å²) in [6, 6.07) is 9.54. The van der Waals surface area contributed by atoms with E-state index in [0.717, 1.165) is 25.0 Å². The minimum Gasteiger partial charge on any atom is -0.490 e. The van der Waals surface area contributed by atoms with Crippen molar-refractivity contribution in [2.24, 2.45) is 0 Å². The first-order valence-corrected chi connectivity index (χ1v) is 12.0. The van der Waals surface area contributed by atoms with Crippen LogP contribution in [0.3, 0.4) is 0 Å². The molecular formula is C25H30FN7O3. The molecule has 1 aromatic carbocycles. The van der Waals surface area contributed by atoms with E-state index in [0.29, 0.717) is 24.6 Å². The third kappa shape index (κ3) is 7.49. The summed E-state index contributed by atoms with van der Waals surface area (Å²) in [5.74, 6) is 0.904. The summed E-state index contributed by atoms with van der Waals surface area (Å²) in [5.41, 5.74) is 1.69. The molecule has 190 valence electrons. The van der Waals surface area contributed by atoms with Gasteiger partial charge >= 0.3 is 6.08 Å². The van der Waals surface area contributed by atoms with E-state index in [9.17, 15) is 14.0 Å². The lowest BCUT2D eigenvalue weighted by Crippen LogP contribution is -2.35. The number of aromatic nitrogens is 4. The summed E-state index contributed by atoms with van der Waals surface area (Å²) in [6.07, 6.45) is 6.38. The third-order valence-corrected chi connectivity index (χ3v) is 5.85. The summed E-state index contributed by atoms with van der Waals surface area (Å²) in [7, 11) is 0. The molecule has 1 saturated heterocycles. The van der Waals surface area contributed by atoms with Crippen LogP contribution in [0, 0.1) is 13.0 Å². The van der Waals surface area contributed by atoms with E-state index in [1.807, 2.05) is 36.1 Å². The standard InChI is InChI=1S/C25H30FN7O3/c1-18-4-6-21(7-5-18)36-20-3-2-13-32(14-10-20)24(35)17-33-16-19(15-29-33)30-23(34)9-12-27-22-8-11-28-25(26)31-22/h4-8,11,15-16,20H,2-3,9-10,12-14,17H2,1H3,(H,30,34)(H,27,28,31). The minimum atomic E-state index is -0.831. The lowest BCUT2D eigenvalue weighted by molar-refractivity contribution is -0.132. The average Bonchev–Trinajstić information content (AvgIpc) is 3.14. The lowest BCUT2D eigenvalue weighted by atomic mass is 10.1. The number of amides is 2. The summed E-state index contributed by atoms with van der Waals surface area (Å²) in [6.45, 7) is 3.73. The van der Waals surface area contributed by atoms with E-state index < -0.39 is 6.08 Å². The first-order chi connectivity index (χ1) is 17.4. The number of likely N-dealkylation sites (tertiary alicyclic amines) is 1. The molecule has 2 N–H and O–H groups in total. The van der Waals surface area contributed by atoms with Gasteiger partial charge in [-0.15, -0.1) is 0 Å². The van der Waals surface area contributed by atoms with Gasteiger partial charge in [0, 0.05) is 44.9 Å². The highest BCUT2D eigenvalue weighted by atomic mass is 19.1. The smallest absolute Gasteiger partial charge is 0.310 e. The van der Waals surface area contributed by atoms with Crippen LogP contribution in [-0.4, -0.2) is 62.2 Å². The van der Waals surface area contributed by atoms with Gasteiger partial charge in [-0.1, -0.05) is 17.7 Å². The molecule has 0 aliphatic carbocycles. The number of anilines is 2. The van der Waals surface area contributed by atoms with Crippen molar-refractivity contribution in [1.82, 2.24) is 24.6 Å². The monoisotopic (exact) mass is 495 g/mol. The van der Waals surface area contributed by atoms with Gasteiger partial charge in [-0.3, -0.25) is 14.3 Å². The largest absolute Gasteiger partial charge is 0.490 e. The van der Waals surface area contributed by atoms with E-state index in [4.69, 9.17) is 4.74 Å². The van der Waals surface area contributed by atoms with Crippen molar-refractivity contribution in [1.29, 1.82) is 0 Å². The third-order valence-electron chi connectivity index (χ3n) is 5.85. The Bertz CT molecular complexity index is 1170. The Morgan fingerprint density at radius 2 is 2.00 bits per heavy atom. The molecule has 0 saturated carbocycles. The Hall–Kier alpha value is -4.02. The highest BCUT2D eigenvalue weighted by Gasteiger charge is 2.22. The van der Waals surface area contributed by atoms with Gasteiger partial charge in [0.05, 0.1) is 11.9 Å². The number of benzene rings is 1. The number of hydrogen-bond donors (Lipinski definition) is 2. The molecule has 1 atom stereocenters. The number of hydrogen-bond acceptors (Lipinski definition) is 7. The van der Waals surface area contributed by atoms with Crippen molar-refractivity contribution in [3.05, 3.63) is 60.6 Å². The van der Waals surface area contributed by atoms with Gasteiger partial charge in [-0.25, -0.2) is 4.98 Å². The molecule has 36 heavy (non-hydrogen) atoms. The minimum absolute atomic E-state index is 0.0201. The Labute approximate surface area is 208 Å². The van der Waals surface area contributed by atoms with Crippen molar-refractivity contribution < 1.29 is 18.7 Å². The van der Waals surface area contributed by atoms with Gasteiger partial charge in [0.2, 0.25) is 11.8 Å². The molecule has 0 spiro atoms. The molecule has 2 aromatic heterocycles. The molecule has 2 amide bonds. The van der Waals surface area contributed by atoms with E-state index in [2.05, 4.69) is 25.7 Å². The van der Waals surface area contributed by atoms with E-state index in [1.54, 1.807) is 6.20 Å². The van der Waals surface area contributed by atoms with Crippen LogP contribution in [0.2, 0.25) is 0 Å². The molecule has 11 heteroatoms. The molecule has 4 rings (SSSR count). The molecule has 0 bridgehead atoms. The zero-order valence-electron chi connectivity index (χ0n) is 20.2. The van der Waals surface area contributed by atoms with Gasteiger partial charge in [-0.2, -0.15) is 14.5 Å². The van der Waals surface area contributed by atoms with Crippen LogP contribution in [0.15, 0.2) is 48.9 Å². The van der Waals surface area contributed by atoms with Crippen molar-refractivity contribution in [3.8, 4) is 5.75 Å². The van der Waals surface area contributed by atoms with Gasteiger partial charge in [0.25, 0.3) is 0 Å². The Balaban J connectivity index is 1.19. The van der Waals surface area contributed by atoms with Crippen LogP contribution >= 0.6 is 0 Å². The number of ether oxygens (including phenoxy) is 1. The van der Waals surface area contributed by atoms with Crippen LogP contribution in [0.25, 0.3) is 0 Å². The van der Waals surface area contributed by atoms with E-state index >= 15 is 0 Å². The van der Waals surface area contributed by atoms with Crippen molar-refractivity contribution >= 4 is 23.3 Å². The second-order valence-corrected chi connectivity index (χ2v) is 8.73. The Morgan fingerprint density at radius 1 is 1.17 bits per heavy atom. The average molecular weight is 496 g/mol. The fourth-order valence-corrected chi connectivity index (χ4v) is 3.96. The zero-order valence-corrected chi connectivity index (χ0v) is 20.2. The molecule has 1 aliphatic rings. The molecular weight excluding hydrogens is 465 g/mol.